The van der Waals surface area contributed by atoms with Crippen LogP contribution in [0.2, 0.25) is 0 Å². The van der Waals surface area contributed by atoms with Crippen LogP contribution in [0.4, 0.5) is 0 Å². The van der Waals surface area contributed by atoms with Crippen molar-refractivity contribution in [1.29, 1.82) is 0 Å². The molecular weight excluding hydrogens is 398 g/mol. The molecule has 1 aliphatic carbocycles. The predicted molar refractivity (Wildman–Crippen MR) is 128 cm³/mol. The van der Waals surface area contributed by atoms with E-state index in [2.05, 4.69) is 29.9 Å². The van der Waals surface area contributed by atoms with E-state index >= 15 is 0 Å². The molecule has 0 unspecified atom stereocenters. The minimum Gasteiger partial charge on any atom is -0.301 e. The van der Waals surface area contributed by atoms with Crippen LogP contribution in [0.25, 0.3) is 0 Å². The standard InChI is InChI=1S/C14H30O4S.C10H21N/c1-2-3-4-5-6-7-8-9-10-11-12-13-14-18-19(15,16)17;1-3-11(4-2)10-8-6-5-7-9-10/h2-14H2,1H3,(H,15,16,17);10H,3-9H2,1-2H3. The zero-order chi connectivity index (χ0) is 22.5. The molecule has 0 atom stereocenters. The first-order valence-electron chi connectivity index (χ1n) is 12.8. The Kier molecular flexibility index (Phi) is 20.6. The third-order valence-corrected chi connectivity index (χ3v) is 6.60. The van der Waals surface area contributed by atoms with Crippen LogP contribution in [0.15, 0.2) is 0 Å². The van der Waals surface area contributed by atoms with E-state index in [1.165, 1.54) is 103 Å². The summed E-state index contributed by atoms with van der Waals surface area (Å²) < 4.78 is 33.1. The van der Waals surface area contributed by atoms with Crippen LogP contribution in [-0.4, -0.2) is 43.6 Å². The molecule has 1 fully saturated rings. The Morgan fingerprint density at radius 1 is 0.733 bits per heavy atom. The van der Waals surface area contributed by atoms with Gasteiger partial charge in [0.05, 0.1) is 6.61 Å². The van der Waals surface area contributed by atoms with Crippen LogP contribution in [0.1, 0.15) is 130 Å². The lowest BCUT2D eigenvalue weighted by atomic mass is 9.94. The maximum absolute atomic E-state index is 10.3. The van der Waals surface area contributed by atoms with Gasteiger partial charge in [0.15, 0.2) is 0 Å². The van der Waals surface area contributed by atoms with Gasteiger partial charge in [-0.2, -0.15) is 8.42 Å². The average molecular weight is 450 g/mol. The summed E-state index contributed by atoms with van der Waals surface area (Å²) in [4.78, 5) is 2.61. The van der Waals surface area contributed by atoms with Crippen molar-refractivity contribution >= 4 is 10.4 Å². The molecule has 0 aromatic carbocycles. The maximum Gasteiger partial charge on any atom is 0.397 e. The molecule has 0 aliphatic heterocycles. The van der Waals surface area contributed by atoms with Crippen molar-refractivity contribution in [3.8, 4) is 0 Å². The Balaban J connectivity index is 0.000000642. The summed E-state index contributed by atoms with van der Waals surface area (Å²) in [5, 5.41) is 0. The van der Waals surface area contributed by atoms with Crippen molar-refractivity contribution in [3.63, 3.8) is 0 Å². The Hall–Kier alpha value is -0.170. The molecule has 1 rings (SSSR count). The van der Waals surface area contributed by atoms with Gasteiger partial charge in [0.25, 0.3) is 0 Å². The molecule has 0 aromatic rings. The van der Waals surface area contributed by atoms with Gasteiger partial charge in [0.2, 0.25) is 0 Å². The Labute approximate surface area is 188 Å². The Bertz CT molecular complexity index is 446. The number of hydrogen-bond donors (Lipinski definition) is 1. The van der Waals surface area contributed by atoms with Crippen LogP contribution in [-0.2, 0) is 14.6 Å². The van der Waals surface area contributed by atoms with Gasteiger partial charge in [0, 0.05) is 6.04 Å². The minimum absolute atomic E-state index is 0.0935. The van der Waals surface area contributed by atoms with E-state index in [1.54, 1.807) is 0 Å². The minimum atomic E-state index is -4.24. The van der Waals surface area contributed by atoms with Crippen molar-refractivity contribution in [3.05, 3.63) is 0 Å². The second-order valence-electron chi connectivity index (χ2n) is 8.65. The summed E-state index contributed by atoms with van der Waals surface area (Å²) >= 11 is 0. The van der Waals surface area contributed by atoms with Gasteiger partial charge >= 0.3 is 10.4 Å². The lowest BCUT2D eigenvalue weighted by Gasteiger charge is -2.32. The van der Waals surface area contributed by atoms with Crippen LogP contribution >= 0.6 is 0 Å². The summed E-state index contributed by atoms with van der Waals surface area (Å²) in [6, 6.07) is 0.916. The number of hydrogen-bond acceptors (Lipinski definition) is 4. The van der Waals surface area contributed by atoms with E-state index in [0.717, 1.165) is 18.9 Å². The predicted octanol–water partition coefficient (Wildman–Crippen LogP) is 7.17. The highest BCUT2D eigenvalue weighted by molar-refractivity contribution is 7.80. The summed E-state index contributed by atoms with van der Waals surface area (Å²) in [5.41, 5.74) is 0. The average Bonchev–Trinajstić information content (AvgIpc) is 2.73. The maximum atomic E-state index is 10.3. The van der Waals surface area contributed by atoms with E-state index in [0.29, 0.717) is 6.42 Å². The molecule has 1 saturated carbocycles. The molecule has 0 radical (unpaired) electrons. The summed E-state index contributed by atoms with van der Waals surface area (Å²) in [6.45, 7) is 9.36. The van der Waals surface area contributed by atoms with Crippen molar-refractivity contribution in [2.75, 3.05) is 19.7 Å². The lowest BCUT2D eigenvalue weighted by Crippen LogP contribution is -2.36. The Morgan fingerprint density at radius 2 is 1.17 bits per heavy atom. The summed E-state index contributed by atoms with van der Waals surface area (Å²) in [5.74, 6) is 0. The van der Waals surface area contributed by atoms with Gasteiger partial charge < -0.3 is 4.90 Å². The zero-order valence-corrected chi connectivity index (χ0v) is 21.1. The van der Waals surface area contributed by atoms with Crippen LogP contribution in [0, 0.1) is 0 Å². The largest absolute Gasteiger partial charge is 0.397 e. The van der Waals surface area contributed by atoms with E-state index in [9.17, 15) is 8.42 Å². The van der Waals surface area contributed by atoms with Gasteiger partial charge in [0.1, 0.15) is 0 Å². The molecule has 30 heavy (non-hydrogen) atoms. The number of rotatable bonds is 17. The van der Waals surface area contributed by atoms with Crippen molar-refractivity contribution in [2.24, 2.45) is 0 Å². The quantitative estimate of drug-likeness (QED) is 0.188. The van der Waals surface area contributed by atoms with E-state index < -0.39 is 10.4 Å². The monoisotopic (exact) mass is 449 g/mol. The first-order chi connectivity index (χ1) is 14.4. The fourth-order valence-corrected chi connectivity index (χ4v) is 4.62. The van der Waals surface area contributed by atoms with Crippen LogP contribution < -0.4 is 0 Å². The molecule has 0 aromatic heterocycles. The highest BCUT2D eigenvalue weighted by Crippen LogP contribution is 2.21. The first-order valence-corrected chi connectivity index (χ1v) is 14.2. The fourth-order valence-electron chi connectivity index (χ4n) is 4.29. The third-order valence-electron chi connectivity index (χ3n) is 6.13. The molecular formula is C24H51NO4S. The molecule has 5 nitrogen and oxygen atoms in total. The van der Waals surface area contributed by atoms with Crippen molar-refractivity contribution < 1.29 is 17.2 Å². The molecule has 0 spiro atoms. The molecule has 0 amide bonds. The topological polar surface area (TPSA) is 66.8 Å². The van der Waals surface area contributed by atoms with Gasteiger partial charge in [-0.15, -0.1) is 0 Å². The highest BCUT2D eigenvalue weighted by atomic mass is 32.3. The lowest BCUT2D eigenvalue weighted by molar-refractivity contribution is 0.172. The molecule has 1 aliphatic rings. The smallest absolute Gasteiger partial charge is 0.301 e. The second kappa shape index (κ2) is 20.7. The van der Waals surface area contributed by atoms with E-state index in [-0.39, 0.29) is 6.61 Å². The first kappa shape index (κ1) is 29.8. The van der Waals surface area contributed by atoms with Gasteiger partial charge in [-0.3, -0.25) is 4.55 Å². The molecule has 0 heterocycles. The molecule has 6 heteroatoms. The number of unbranched alkanes of at least 4 members (excludes halogenated alkanes) is 11. The van der Waals surface area contributed by atoms with E-state index in [4.69, 9.17) is 4.55 Å². The second-order valence-corrected chi connectivity index (χ2v) is 9.74. The van der Waals surface area contributed by atoms with Crippen molar-refractivity contribution in [1.82, 2.24) is 4.90 Å². The van der Waals surface area contributed by atoms with Gasteiger partial charge in [-0.25, -0.2) is 4.18 Å². The van der Waals surface area contributed by atoms with Gasteiger partial charge in [-0.05, 0) is 32.4 Å². The van der Waals surface area contributed by atoms with Gasteiger partial charge in [-0.1, -0.05) is 111 Å². The Morgan fingerprint density at radius 3 is 1.57 bits per heavy atom. The highest BCUT2D eigenvalue weighted by Gasteiger charge is 2.17. The molecule has 182 valence electrons. The normalized spacial score (nSPS) is 15.2. The molecule has 0 bridgehead atoms. The van der Waals surface area contributed by atoms with Crippen LogP contribution in [0.3, 0.4) is 0 Å². The van der Waals surface area contributed by atoms with Crippen LogP contribution in [0.5, 0.6) is 0 Å². The fraction of sp³-hybridized carbons (Fsp3) is 1.00. The summed E-state index contributed by atoms with van der Waals surface area (Å²) in [6.07, 6.45) is 22.0. The van der Waals surface area contributed by atoms with Crippen molar-refractivity contribution in [2.45, 2.75) is 136 Å². The molecule has 1 N–H and O–H groups in total. The summed E-state index contributed by atoms with van der Waals surface area (Å²) in [7, 11) is -4.24. The zero-order valence-electron chi connectivity index (χ0n) is 20.2. The van der Waals surface area contributed by atoms with E-state index in [1.807, 2.05) is 0 Å². The number of nitrogens with zero attached hydrogens (tertiary/aromatic N) is 1. The SMILES string of the molecule is CCCCCCCCCCCCCCOS(=O)(=O)O.CCN(CC)C1CCCCC1. The third kappa shape index (κ3) is 19.8. The molecule has 0 saturated heterocycles.